The minimum atomic E-state index is 0.549. The Hall–Kier alpha value is -1.99. The molecule has 4 nitrogen and oxygen atoms in total. The van der Waals surface area contributed by atoms with Crippen molar-refractivity contribution in [1.82, 2.24) is 9.78 Å². The van der Waals surface area contributed by atoms with E-state index >= 15 is 0 Å². The van der Waals surface area contributed by atoms with Gasteiger partial charge in [-0.25, -0.2) is 0 Å². The number of hydrogen-bond donors (Lipinski definition) is 1. The molecule has 2 aromatic rings. The Morgan fingerprint density at radius 2 is 2.31 bits per heavy atom. The van der Waals surface area contributed by atoms with Crippen molar-refractivity contribution in [3.05, 3.63) is 41.2 Å². The van der Waals surface area contributed by atoms with Gasteiger partial charge >= 0.3 is 0 Å². The summed E-state index contributed by atoms with van der Waals surface area (Å²) in [6, 6.07) is 7.19. The van der Waals surface area contributed by atoms with Crippen LogP contribution in [0.5, 0.6) is 0 Å². The van der Waals surface area contributed by atoms with Gasteiger partial charge < -0.3 is 5.32 Å². The van der Waals surface area contributed by atoms with E-state index < -0.39 is 0 Å². The Labute approximate surface area is 98.1 Å². The highest BCUT2D eigenvalue weighted by atomic mass is 35.5. The summed E-state index contributed by atoms with van der Waals surface area (Å²) in [5.41, 5.74) is 2.05. The summed E-state index contributed by atoms with van der Waals surface area (Å²) in [6.45, 7) is 0. The molecule has 0 saturated carbocycles. The van der Waals surface area contributed by atoms with Crippen LogP contribution in [0.4, 0.5) is 11.4 Å². The Bertz CT molecular complexity index is 553. The lowest BCUT2D eigenvalue weighted by Gasteiger charge is -2.05. The van der Waals surface area contributed by atoms with Crippen LogP contribution in [0.2, 0.25) is 5.02 Å². The second-order valence-corrected chi connectivity index (χ2v) is 3.77. The molecule has 0 radical (unpaired) electrons. The van der Waals surface area contributed by atoms with E-state index in [2.05, 4.69) is 16.5 Å². The standard InChI is InChI=1S/C11H9ClN4/c1-16-7-10(6-14-16)15-11-4-9(12)3-2-8(11)5-13/h2-4,6-7,15H,1H3. The lowest BCUT2D eigenvalue weighted by Crippen LogP contribution is -1.92. The summed E-state index contributed by atoms with van der Waals surface area (Å²) in [5, 5.41) is 16.7. The number of aromatic nitrogens is 2. The highest BCUT2D eigenvalue weighted by molar-refractivity contribution is 6.30. The third-order valence-corrected chi connectivity index (χ3v) is 2.32. The van der Waals surface area contributed by atoms with Gasteiger partial charge in [0.1, 0.15) is 6.07 Å². The Balaban J connectivity index is 2.34. The number of halogens is 1. The fourth-order valence-corrected chi connectivity index (χ4v) is 1.53. The van der Waals surface area contributed by atoms with Crippen LogP contribution < -0.4 is 5.32 Å². The molecule has 5 heteroatoms. The zero-order chi connectivity index (χ0) is 11.5. The smallest absolute Gasteiger partial charge is 0.101 e. The predicted molar refractivity (Wildman–Crippen MR) is 62.7 cm³/mol. The molecule has 0 aliphatic heterocycles. The van der Waals surface area contributed by atoms with Crippen LogP contribution in [0.25, 0.3) is 0 Å². The maximum Gasteiger partial charge on any atom is 0.101 e. The minimum absolute atomic E-state index is 0.549. The number of nitrogens with zero attached hydrogens (tertiary/aromatic N) is 3. The van der Waals surface area contributed by atoms with Crippen LogP contribution >= 0.6 is 11.6 Å². The number of aryl methyl sites for hydroxylation is 1. The molecule has 2 rings (SSSR count). The summed E-state index contributed by atoms with van der Waals surface area (Å²) in [6.07, 6.45) is 3.50. The summed E-state index contributed by atoms with van der Waals surface area (Å²) in [4.78, 5) is 0. The maximum absolute atomic E-state index is 8.94. The van der Waals surface area contributed by atoms with Crippen LogP contribution in [0.15, 0.2) is 30.6 Å². The van der Waals surface area contributed by atoms with Crippen molar-refractivity contribution in [2.24, 2.45) is 7.05 Å². The van der Waals surface area contributed by atoms with Crippen molar-refractivity contribution in [2.75, 3.05) is 5.32 Å². The fourth-order valence-electron chi connectivity index (χ4n) is 1.36. The fraction of sp³-hybridized carbons (Fsp3) is 0.0909. The lowest BCUT2D eigenvalue weighted by atomic mass is 10.2. The number of nitrogens with one attached hydrogen (secondary N) is 1. The van der Waals surface area contributed by atoms with E-state index in [-0.39, 0.29) is 0 Å². The summed E-state index contributed by atoms with van der Waals surface area (Å²) < 4.78 is 1.68. The van der Waals surface area contributed by atoms with Gasteiger partial charge in [0.2, 0.25) is 0 Å². The molecule has 1 aromatic heterocycles. The average molecular weight is 233 g/mol. The number of nitriles is 1. The van der Waals surface area contributed by atoms with Gasteiger partial charge in [-0.1, -0.05) is 11.6 Å². The van der Waals surface area contributed by atoms with Crippen molar-refractivity contribution >= 4 is 23.0 Å². The average Bonchev–Trinajstić information content (AvgIpc) is 2.64. The molecular formula is C11H9ClN4. The second-order valence-electron chi connectivity index (χ2n) is 3.33. The minimum Gasteiger partial charge on any atom is -0.352 e. The first-order valence-electron chi connectivity index (χ1n) is 4.64. The van der Waals surface area contributed by atoms with E-state index in [1.807, 2.05) is 13.2 Å². The van der Waals surface area contributed by atoms with E-state index in [0.29, 0.717) is 16.3 Å². The Morgan fingerprint density at radius 3 is 2.94 bits per heavy atom. The molecule has 1 aromatic carbocycles. The first-order valence-corrected chi connectivity index (χ1v) is 5.02. The second kappa shape index (κ2) is 4.25. The van der Waals surface area contributed by atoms with Gasteiger partial charge in [0.25, 0.3) is 0 Å². The molecule has 0 saturated heterocycles. The van der Waals surface area contributed by atoms with Gasteiger partial charge in [0.15, 0.2) is 0 Å². The van der Waals surface area contributed by atoms with E-state index in [0.717, 1.165) is 5.69 Å². The molecule has 0 unspecified atom stereocenters. The van der Waals surface area contributed by atoms with Crippen molar-refractivity contribution in [3.63, 3.8) is 0 Å². The highest BCUT2D eigenvalue weighted by Gasteiger charge is 2.04. The van der Waals surface area contributed by atoms with Crippen molar-refractivity contribution < 1.29 is 0 Å². The predicted octanol–water partition coefficient (Wildman–Crippen LogP) is 2.69. The van der Waals surface area contributed by atoms with Crippen LogP contribution in [-0.4, -0.2) is 9.78 Å². The number of rotatable bonds is 2. The zero-order valence-electron chi connectivity index (χ0n) is 8.61. The zero-order valence-corrected chi connectivity index (χ0v) is 9.36. The largest absolute Gasteiger partial charge is 0.352 e. The van der Waals surface area contributed by atoms with Gasteiger partial charge in [0, 0.05) is 18.3 Å². The first-order chi connectivity index (χ1) is 7.69. The third-order valence-electron chi connectivity index (χ3n) is 2.09. The Kier molecular flexibility index (Phi) is 2.80. The molecule has 1 N–H and O–H groups in total. The quantitative estimate of drug-likeness (QED) is 0.866. The molecule has 0 amide bonds. The molecule has 0 aliphatic rings. The van der Waals surface area contributed by atoms with Gasteiger partial charge in [-0.3, -0.25) is 4.68 Å². The van der Waals surface area contributed by atoms with Gasteiger partial charge in [0.05, 0.1) is 23.1 Å². The van der Waals surface area contributed by atoms with Crippen LogP contribution in [0.1, 0.15) is 5.56 Å². The van der Waals surface area contributed by atoms with Gasteiger partial charge in [-0.15, -0.1) is 0 Å². The van der Waals surface area contributed by atoms with E-state index in [1.54, 1.807) is 29.1 Å². The number of hydrogen-bond acceptors (Lipinski definition) is 3. The number of anilines is 2. The van der Waals surface area contributed by atoms with E-state index in [9.17, 15) is 0 Å². The van der Waals surface area contributed by atoms with Crippen LogP contribution in [0, 0.1) is 11.3 Å². The van der Waals surface area contributed by atoms with Crippen molar-refractivity contribution in [2.45, 2.75) is 0 Å². The van der Waals surface area contributed by atoms with Gasteiger partial charge in [-0.05, 0) is 18.2 Å². The molecule has 0 fully saturated rings. The van der Waals surface area contributed by atoms with E-state index in [1.165, 1.54) is 0 Å². The normalized spacial score (nSPS) is 9.81. The molecule has 0 bridgehead atoms. The monoisotopic (exact) mass is 232 g/mol. The van der Waals surface area contributed by atoms with Crippen LogP contribution in [0.3, 0.4) is 0 Å². The van der Waals surface area contributed by atoms with Crippen molar-refractivity contribution in [3.8, 4) is 6.07 Å². The van der Waals surface area contributed by atoms with Crippen LogP contribution in [-0.2, 0) is 7.05 Å². The first kappa shape index (κ1) is 10.5. The molecule has 80 valence electrons. The summed E-state index contributed by atoms with van der Waals surface area (Å²) in [7, 11) is 1.83. The SMILES string of the molecule is Cn1cc(Nc2cc(Cl)ccc2C#N)cn1. The summed E-state index contributed by atoms with van der Waals surface area (Å²) >= 11 is 5.87. The summed E-state index contributed by atoms with van der Waals surface area (Å²) in [5.74, 6) is 0. The van der Waals surface area contributed by atoms with Gasteiger partial charge in [-0.2, -0.15) is 10.4 Å². The number of benzene rings is 1. The Morgan fingerprint density at radius 1 is 1.50 bits per heavy atom. The molecule has 0 spiro atoms. The third kappa shape index (κ3) is 2.15. The molecule has 0 atom stereocenters. The van der Waals surface area contributed by atoms with E-state index in [4.69, 9.17) is 16.9 Å². The maximum atomic E-state index is 8.94. The lowest BCUT2D eigenvalue weighted by molar-refractivity contribution is 0.768. The molecular weight excluding hydrogens is 224 g/mol. The molecule has 1 heterocycles. The topological polar surface area (TPSA) is 53.6 Å². The molecule has 0 aliphatic carbocycles. The molecule has 16 heavy (non-hydrogen) atoms. The van der Waals surface area contributed by atoms with Crippen molar-refractivity contribution in [1.29, 1.82) is 5.26 Å². The highest BCUT2D eigenvalue weighted by Crippen LogP contribution is 2.23.